The van der Waals surface area contributed by atoms with Gasteiger partial charge in [0.2, 0.25) is 0 Å². The van der Waals surface area contributed by atoms with Crippen LogP contribution < -0.4 is 10.7 Å². The lowest BCUT2D eigenvalue weighted by atomic mass is 10.2. The molecule has 7 nitrogen and oxygen atoms in total. The zero-order valence-corrected chi connectivity index (χ0v) is 14.0. The maximum Gasteiger partial charge on any atom is 0.302 e. The number of rotatable bonds is 7. The SMILES string of the molecule is CC(=O)OCCOCNC(=S)N/N=C/c1ccc2ccccc2n1. The minimum absolute atomic E-state index is 0.191. The van der Waals surface area contributed by atoms with Gasteiger partial charge < -0.3 is 14.8 Å². The maximum atomic E-state index is 10.5. The second-order valence-electron chi connectivity index (χ2n) is 4.70. The Hall–Kier alpha value is -2.58. The first kappa shape index (κ1) is 17.8. The van der Waals surface area contributed by atoms with Gasteiger partial charge in [0, 0.05) is 12.3 Å². The van der Waals surface area contributed by atoms with Gasteiger partial charge in [-0.15, -0.1) is 0 Å². The van der Waals surface area contributed by atoms with E-state index < -0.39 is 0 Å². The Morgan fingerprint density at radius 1 is 1.29 bits per heavy atom. The summed E-state index contributed by atoms with van der Waals surface area (Å²) in [5.74, 6) is -0.333. The number of esters is 1. The van der Waals surface area contributed by atoms with E-state index in [1.807, 2.05) is 36.4 Å². The molecule has 0 saturated carbocycles. The van der Waals surface area contributed by atoms with Crippen LogP contribution >= 0.6 is 12.2 Å². The van der Waals surface area contributed by atoms with Gasteiger partial charge in [-0.3, -0.25) is 10.2 Å². The van der Waals surface area contributed by atoms with Crippen LogP contribution in [0.2, 0.25) is 0 Å². The number of ether oxygens (including phenoxy) is 2. The first-order valence-corrected chi connectivity index (χ1v) is 7.70. The third-order valence-corrected chi connectivity index (χ3v) is 3.09. The van der Waals surface area contributed by atoms with Crippen LogP contribution in [0.3, 0.4) is 0 Å². The number of hydrazone groups is 1. The van der Waals surface area contributed by atoms with E-state index >= 15 is 0 Å². The molecule has 0 bridgehead atoms. The largest absolute Gasteiger partial charge is 0.463 e. The molecule has 2 rings (SSSR count). The summed E-state index contributed by atoms with van der Waals surface area (Å²) in [6, 6.07) is 11.7. The molecule has 0 unspecified atom stereocenters. The molecule has 0 aliphatic carbocycles. The number of aromatic nitrogens is 1. The van der Waals surface area contributed by atoms with Gasteiger partial charge in [-0.2, -0.15) is 5.10 Å². The topological polar surface area (TPSA) is 84.8 Å². The number of pyridine rings is 1. The Morgan fingerprint density at radius 2 is 2.12 bits per heavy atom. The van der Waals surface area contributed by atoms with Gasteiger partial charge in [-0.05, 0) is 24.4 Å². The van der Waals surface area contributed by atoms with E-state index in [2.05, 4.69) is 20.8 Å². The Labute approximate surface area is 145 Å². The summed E-state index contributed by atoms with van der Waals surface area (Å²) in [4.78, 5) is 15.0. The van der Waals surface area contributed by atoms with E-state index in [0.29, 0.717) is 11.7 Å². The van der Waals surface area contributed by atoms with E-state index in [0.717, 1.165) is 16.6 Å². The highest BCUT2D eigenvalue weighted by Gasteiger charge is 1.96. The maximum absolute atomic E-state index is 10.5. The summed E-state index contributed by atoms with van der Waals surface area (Å²) < 4.78 is 9.91. The van der Waals surface area contributed by atoms with E-state index in [1.54, 1.807) is 6.21 Å². The highest BCUT2D eigenvalue weighted by atomic mass is 32.1. The fourth-order valence-electron chi connectivity index (χ4n) is 1.78. The Kier molecular flexibility index (Phi) is 7.06. The summed E-state index contributed by atoms with van der Waals surface area (Å²) in [6.45, 7) is 2.04. The van der Waals surface area contributed by atoms with Crippen molar-refractivity contribution in [2.75, 3.05) is 19.9 Å². The lowest BCUT2D eigenvalue weighted by molar-refractivity contribution is -0.142. The summed E-state index contributed by atoms with van der Waals surface area (Å²) in [6.07, 6.45) is 1.59. The number of hydrogen-bond acceptors (Lipinski definition) is 6. The van der Waals surface area contributed by atoms with Gasteiger partial charge in [-0.1, -0.05) is 24.3 Å². The summed E-state index contributed by atoms with van der Waals surface area (Å²) in [5.41, 5.74) is 4.30. The van der Waals surface area contributed by atoms with E-state index in [1.165, 1.54) is 6.92 Å². The Morgan fingerprint density at radius 3 is 2.96 bits per heavy atom. The van der Waals surface area contributed by atoms with Gasteiger partial charge in [0.25, 0.3) is 0 Å². The van der Waals surface area contributed by atoms with Crippen molar-refractivity contribution < 1.29 is 14.3 Å². The Bertz CT molecular complexity index is 736. The smallest absolute Gasteiger partial charge is 0.302 e. The number of fused-ring (bicyclic) bond motifs is 1. The Balaban J connectivity index is 1.68. The summed E-state index contributed by atoms with van der Waals surface area (Å²) in [5, 5.41) is 8.22. The van der Waals surface area contributed by atoms with Crippen LogP contribution in [0, 0.1) is 0 Å². The zero-order valence-electron chi connectivity index (χ0n) is 13.2. The molecule has 2 aromatic rings. The molecule has 1 aromatic carbocycles. The van der Waals surface area contributed by atoms with Crippen LogP contribution in [0.15, 0.2) is 41.5 Å². The minimum Gasteiger partial charge on any atom is -0.463 e. The molecular weight excluding hydrogens is 328 g/mol. The molecule has 0 fully saturated rings. The van der Waals surface area contributed by atoms with Crippen LogP contribution in [0.25, 0.3) is 10.9 Å². The van der Waals surface area contributed by atoms with Crippen LogP contribution in [-0.2, 0) is 14.3 Å². The summed E-state index contributed by atoms with van der Waals surface area (Å²) >= 11 is 5.04. The first-order chi connectivity index (χ1) is 11.6. The number of carbonyl (C=O) groups excluding carboxylic acids is 1. The quantitative estimate of drug-likeness (QED) is 0.197. The van der Waals surface area contributed by atoms with Crippen molar-refractivity contribution in [3.05, 3.63) is 42.1 Å². The summed E-state index contributed by atoms with van der Waals surface area (Å²) in [7, 11) is 0. The number of nitrogens with one attached hydrogen (secondary N) is 2. The number of nitrogens with zero attached hydrogens (tertiary/aromatic N) is 2. The predicted octanol–water partition coefficient (Wildman–Crippen LogP) is 1.57. The average molecular weight is 346 g/mol. The van der Waals surface area contributed by atoms with Crippen molar-refractivity contribution >= 4 is 40.4 Å². The number of carbonyl (C=O) groups is 1. The number of para-hydroxylation sites is 1. The van der Waals surface area contributed by atoms with Gasteiger partial charge in [0.1, 0.15) is 13.3 Å². The highest BCUT2D eigenvalue weighted by molar-refractivity contribution is 7.80. The van der Waals surface area contributed by atoms with Crippen LogP contribution in [0.4, 0.5) is 0 Å². The van der Waals surface area contributed by atoms with Crippen molar-refractivity contribution in [2.24, 2.45) is 5.10 Å². The van der Waals surface area contributed by atoms with Crippen molar-refractivity contribution in [2.45, 2.75) is 6.92 Å². The van der Waals surface area contributed by atoms with Crippen LogP contribution in [0.5, 0.6) is 0 Å². The number of hydrogen-bond donors (Lipinski definition) is 2. The second kappa shape index (κ2) is 9.53. The average Bonchev–Trinajstić information content (AvgIpc) is 2.57. The molecule has 0 spiro atoms. The van der Waals surface area contributed by atoms with Crippen LogP contribution in [0.1, 0.15) is 12.6 Å². The van der Waals surface area contributed by atoms with E-state index in [-0.39, 0.29) is 19.3 Å². The second-order valence-corrected chi connectivity index (χ2v) is 5.11. The highest BCUT2D eigenvalue weighted by Crippen LogP contribution is 2.10. The molecule has 2 N–H and O–H groups in total. The van der Waals surface area contributed by atoms with Crippen molar-refractivity contribution in [3.8, 4) is 0 Å². The molecule has 0 radical (unpaired) electrons. The molecule has 0 amide bonds. The molecule has 126 valence electrons. The van der Waals surface area contributed by atoms with E-state index in [4.69, 9.17) is 21.7 Å². The zero-order chi connectivity index (χ0) is 17.2. The van der Waals surface area contributed by atoms with Gasteiger partial charge in [-0.25, -0.2) is 4.98 Å². The van der Waals surface area contributed by atoms with Crippen molar-refractivity contribution in [1.29, 1.82) is 0 Å². The monoisotopic (exact) mass is 346 g/mol. The van der Waals surface area contributed by atoms with Gasteiger partial charge in [0.15, 0.2) is 5.11 Å². The third kappa shape index (κ3) is 6.27. The standard InChI is InChI=1S/C16H18N4O3S/c1-12(21)23-9-8-22-11-17-16(24)20-18-10-14-7-6-13-4-2-3-5-15(13)19-14/h2-7,10H,8-9,11H2,1H3,(H2,17,20,24)/b18-10+. The van der Waals surface area contributed by atoms with Crippen molar-refractivity contribution in [3.63, 3.8) is 0 Å². The third-order valence-electron chi connectivity index (χ3n) is 2.85. The molecule has 0 atom stereocenters. The van der Waals surface area contributed by atoms with Crippen LogP contribution in [-0.4, -0.2) is 42.2 Å². The molecular formula is C16H18N4O3S. The number of benzene rings is 1. The number of thiocarbonyl (C=S) groups is 1. The fourth-order valence-corrected chi connectivity index (χ4v) is 1.89. The van der Waals surface area contributed by atoms with Crippen molar-refractivity contribution in [1.82, 2.24) is 15.7 Å². The van der Waals surface area contributed by atoms with Gasteiger partial charge in [0.05, 0.1) is 24.0 Å². The molecule has 1 heterocycles. The fraction of sp³-hybridized carbons (Fsp3) is 0.250. The van der Waals surface area contributed by atoms with E-state index in [9.17, 15) is 4.79 Å². The molecule has 0 aliphatic heterocycles. The molecule has 8 heteroatoms. The molecule has 0 aliphatic rings. The predicted molar refractivity (Wildman–Crippen MR) is 95.7 cm³/mol. The lowest BCUT2D eigenvalue weighted by Gasteiger charge is -2.07. The first-order valence-electron chi connectivity index (χ1n) is 7.29. The van der Waals surface area contributed by atoms with Gasteiger partial charge >= 0.3 is 5.97 Å². The molecule has 1 aromatic heterocycles. The molecule has 24 heavy (non-hydrogen) atoms. The minimum atomic E-state index is -0.333. The normalized spacial score (nSPS) is 10.7. The lowest BCUT2D eigenvalue weighted by Crippen LogP contribution is -2.34. The molecule has 0 saturated heterocycles.